The summed E-state index contributed by atoms with van der Waals surface area (Å²) in [6.45, 7) is 1.93. The molecule has 35 heavy (non-hydrogen) atoms. The van der Waals surface area contributed by atoms with E-state index in [0.717, 1.165) is 25.9 Å². The summed E-state index contributed by atoms with van der Waals surface area (Å²) in [4.78, 5) is 34.6. The van der Waals surface area contributed by atoms with Crippen LogP contribution >= 0.6 is 0 Å². The number of quaternary nitrogens is 1. The number of aromatic nitrogens is 2. The molecule has 3 N–H and O–H groups in total. The number of nitrogens with two attached hydrogens (primary N) is 1. The molecule has 2 aromatic carbocycles. The van der Waals surface area contributed by atoms with E-state index in [0.29, 0.717) is 27.8 Å². The molecule has 1 amide bonds. The summed E-state index contributed by atoms with van der Waals surface area (Å²) in [7, 11) is 0. The number of carbonyl (C=O) groups excluding carboxylic acids is 2. The van der Waals surface area contributed by atoms with Crippen molar-refractivity contribution < 1.29 is 23.9 Å². The second-order valence-electron chi connectivity index (χ2n) is 9.51. The predicted octanol–water partition coefficient (Wildman–Crippen LogP) is 2.09. The zero-order chi connectivity index (χ0) is 24.5. The lowest BCUT2D eigenvalue weighted by atomic mass is 9.80. The molecule has 4 heterocycles. The van der Waals surface area contributed by atoms with Gasteiger partial charge in [-0.1, -0.05) is 60.7 Å². The van der Waals surface area contributed by atoms with Crippen LogP contribution in [-0.2, 0) is 19.9 Å². The molecule has 3 fully saturated rings. The van der Waals surface area contributed by atoms with Gasteiger partial charge in [0.1, 0.15) is 18.6 Å². The normalized spacial score (nSPS) is 24.5. The maximum atomic E-state index is 13.7. The Morgan fingerprint density at radius 1 is 1.00 bits per heavy atom. The van der Waals surface area contributed by atoms with Crippen LogP contribution in [0.2, 0.25) is 0 Å². The Morgan fingerprint density at radius 2 is 1.60 bits per heavy atom. The number of carbonyl (C=O) groups is 2. The molecule has 2 bridgehead atoms. The molecular weight excluding hydrogens is 444 g/mol. The first-order valence-electron chi connectivity index (χ1n) is 11.9. The maximum absolute atomic E-state index is 13.7. The Hall–Kier alpha value is -3.62. The number of rotatable bonds is 7. The number of piperidine rings is 3. The van der Waals surface area contributed by atoms with E-state index in [-0.39, 0.29) is 5.92 Å². The zero-order valence-electron chi connectivity index (χ0n) is 19.4. The fourth-order valence-corrected chi connectivity index (χ4v) is 5.80. The minimum Gasteiger partial charge on any atom is -0.453 e. The van der Waals surface area contributed by atoms with Gasteiger partial charge in [0.25, 0.3) is 5.91 Å². The average Bonchev–Trinajstić information content (AvgIpc) is 2.90. The van der Waals surface area contributed by atoms with Gasteiger partial charge in [0.05, 0.1) is 13.1 Å². The number of esters is 1. The Balaban J connectivity index is 1.46. The van der Waals surface area contributed by atoms with Gasteiger partial charge in [-0.05, 0) is 17.2 Å². The highest BCUT2D eigenvalue weighted by molar-refractivity contribution is 5.85. The Labute approximate surface area is 204 Å². The van der Waals surface area contributed by atoms with Crippen molar-refractivity contribution in [3.05, 3.63) is 96.1 Å². The molecule has 3 aliphatic rings. The third kappa shape index (κ3) is 4.09. The molecule has 3 aromatic rings. The summed E-state index contributed by atoms with van der Waals surface area (Å²) in [6.07, 6.45) is 4.15. The fraction of sp³-hybridized carbons (Fsp3) is 0.333. The van der Waals surface area contributed by atoms with Crippen LogP contribution in [0.1, 0.15) is 35.7 Å². The SMILES string of the molecule is NC(=O)C(c1ccncn1)[N+]12CCC(CC1)[C@@H](OC(=O)C(O)(c1ccccc1)c1ccccc1)C2. The molecule has 1 unspecified atom stereocenters. The lowest BCUT2D eigenvalue weighted by molar-refractivity contribution is -0.965. The summed E-state index contributed by atoms with van der Waals surface area (Å²) < 4.78 is 6.49. The van der Waals surface area contributed by atoms with Gasteiger partial charge in [-0.3, -0.25) is 4.79 Å². The Kier molecular flexibility index (Phi) is 6.08. The molecule has 0 aliphatic carbocycles. The summed E-state index contributed by atoms with van der Waals surface area (Å²) in [6, 6.07) is 18.7. The van der Waals surface area contributed by atoms with Crippen LogP contribution in [-0.4, -0.2) is 57.2 Å². The van der Waals surface area contributed by atoms with Crippen molar-refractivity contribution >= 4 is 11.9 Å². The molecule has 1 aromatic heterocycles. The van der Waals surface area contributed by atoms with Gasteiger partial charge < -0.3 is 20.1 Å². The molecule has 8 nitrogen and oxygen atoms in total. The third-order valence-electron chi connectivity index (χ3n) is 7.60. The first-order chi connectivity index (χ1) is 16.9. The monoisotopic (exact) mass is 473 g/mol. The minimum absolute atomic E-state index is 0.161. The van der Waals surface area contributed by atoms with Crippen molar-refractivity contribution in [2.45, 2.75) is 30.6 Å². The van der Waals surface area contributed by atoms with Crippen LogP contribution in [0, 0.1) is 5.92 Å². The van der Waals surface area contributed by atoms with Crippen molar-refractivity contribution in [3.8, 4) is 0 Å². The smallest absolute Gasteiger partial charge is 0.348 e. The summed E-state index contributed by atoms with van der Waals surface area (Å²) >= 11 is 0. The van der Waals surface area contributed by atoms with Crippen molar-refractivity contribution in [2.75, 3.05) is 19.6 Å². The van der Waals surface area contributed by atoms with Gasteiger partial charge in [-0.15, -0.1) is 0 Å². The van der Waals surface area contributed by atoms with Crippen LogP contribution in [0.4, 0.5) is 0 Å². The van der Waals surface area contributed by atoms with E-state index in [1.54, 1.807) is 60.8 Å². The molecule has 3 aliphatic heterocycles. The fourth-order valence-electron chi connectivity index (χ4n) is 5.80. The number of primary amides is 1. The molecule has 0 radical (unpaired) electrons. The van der Waals surface area contributed by atoms with E-state index < -0.39 is 29.6 Å². The van der Waals surface area contributed by atoms with E-state index >= 15 is 0 Å². The number of hydrogen-bond donors (Lipinski definition) is 2. The lowest BCUT2D eigenvalue weighted by Gasteiger charge is -2.54. The molecule has 0 spiro atoms. The largest absolute Gasteiger partial charge is 0.453 e. The number of hydrogen-bond acceptors (Lipinski definition) is 6. The number of benzene rings is 2. The molecule has 2 atom stereocenters. The average molecular weight is 474 g/mol. The van der Waals surface area contributed by atoms with Gasteiger partial charge in [0, 0.05) is 25.0 Å². The predicted molar refractivity (Wildman–Crippen MR) is 127 cm³/mol. The standard InChI is InChI=1S/C27H28N4O4/c28-25(32)24(22-11-14-29-18-30-22)31-15-12-19(13-16-31)23(17-31)35-26(33)27(34,20-7-3-1-4-8-20)21-9-5-2-6-10-21/h1-11,14,18-19,23-24,34H,12-13,15-17H2,(H-,28,32)/p+1/t19?,23-,24?,31?/m0/s1. The van der Waals surface area contributed by atoms with Crippen molar-refractivity contribution in [1.29, 1.82) is 0 Å². The van der Waals surface area contributed by atoms with Crippen LogP contribution in [0.25, 0.3) is 0 Å². The van der Waals surface area contributed by atoms with Crippen molar-refractivity contribution in [1.82, 2.24) is 9.97 Å². The van der Waals surface area contributed by atoms with E-state index in [1.807, 2.05) is 12.1 Å². The molecule has 3 saturated heterocycles. The Morgan fingerprint density at radius 3 is 2.11 bits per heavy atom. The summed E-state index contributed by atoms with van der Waals surface area (Å²) in [5.41, 5.74) is 5.39. The second kappa shape index (κ2) is 9.20. The highest BCUT2D eigenvalue weighted by Crippen LogP contribution is 2.43. The van der Waals surface area contributed by atoms with Gasteiger partial charge in [0.15, 0.2) is 6.10 Å². The number of amides is 1. The number of nitrogens with zero attached hydrogens (tertiary/aromatic N) is 3. The molecule has 180 valence electrons. The molecular formula is C27H29N4O4+. The van der Waals surface area contributed by atoms with Gasteiger partial charge >= 0.3 is 5.97 Å². The minimum atomic E-state index is -1.95. The summed E-state index contributed by atoms with van der Waals surface area (Å²) in [5.74, 6) is -1.02. The Bertz CT molecular complexity index is 1140. The van der Waals surface area contributed by atoms with E-state index in [4.69, 9.17) is 10.5 Å². The number of ether oxygens (including phenoxy) is 1. The topological polar surface area (TPSA) is 115 Å². The van der Waals surface area contributed by atoms with E-state index in [9.17, 15) is 14.7 Å². The highest BCUT2D eigenvalue weighted by atomic mass is 16.6. The first kappa shape index (κ1) is 23.1. The second-order valence-corrected chi connectivity index (χ2v) is 9.51. The van der Waals surface area contributed by atoms with Crippen LogP contribution in [0.3, 0.4) is 0 Å². The van der Waals surface area contributed by atoms with Crippen molar-refractivity contribution in [3.63, 3.8) is 0 Å². The van der Waals surface area contributed by atoms with Crippen molar-refractivity contribution in [2.24, 2.45) is 11.7 Å². The molecule has 6 rings (SSSR count). The zero-order valence-corrected chi connectivity index (χ0v) is 19.4. The van der Waals surface area contributed by atoms with Gasteiger partial charge in [-0.2, -0.15) is 0 Å². The first-order valence-corrected chi connectivity index (χ1v) is 11.9. The quantitative estimate of drug-likeness (QED) is 0.401. The third-order valence-corrected chi connectivity index (χ3v) is 7.60. The molecule has 8 heteroatoms. The van der Waals surface area contributed by atoms with Gasteiger partial charge in [0.2, 0.25) is 11.6 Å². The van der Waals surface area contributed by atoms with Crippen LogP contribution in [0.15, 0.2) is 79.3 Å². The van der Waals surface area contributed by atoms with Gasteiger partial charge in [-0.25, -0.2) is 14.8 Å². The van der Waals surface area contributed by atoms with Crippen LogP contribution < -0.4 is 5.73 Å². The summed E-state index contributed by atoms with van der Waals surface area (Å²) in [5, 5.41) is 11.8. The number of aliphatic hydroxyl groups is 1. The van der Waals surface area contributed by atoms with E-state index in [2.05, 4.69) is 9.97 Å². The van der Waals surface area contributed by atoms with Crippen LogP contribution in [0.5, 0.6) is 0 Å². The highest BCUT2D eigenvalue weighted by Gasteiger charge is 2.55. The number of fused-ring (bicyclic) bond motifs is 3. The molecule has 0 saturated carbocycles. The maximum Gasteiger partial charge on any atom is 0.348 e. The lowest BCUT2D eigenvalue weighted by Crippen LogP contribution is -2.67. The van der Waals surface area contributed by atoms with E-state index in [1.165, 1.54) is 6.33 Å².